The zero-order valence-corrected chi connectivity index (χ0v) is 10.8. The Kier molecular flexibility index (Phi) is 5.39. The van der Waals surface area contributed by atoms with Crippen LogP contribution >= 0.6 is 11.8 Å². The van der Waals surface area contributed by atoms with E-state index in [9.17, 15) is 28.2 Å². The van der Waals surface area contributed by atoms with E-state index in [-0.39, 0.29) is 16.4 Å². The number of alkyl halides is 3. The Labute approximate surface area is 112 Å². The highest BCUT2D eigenvalue weighted by Crippen LogP contribution is 2.31. The van der Waals surface area contributed by atoms with Gasteiger partial charge in [-0.1, -0.05) is 23.9 Å². The number of benzene rings is 1. The summed E-state index contributed by atoms with van der Waals surface area (Å²) in [7, 11) is 0. The van der Waals surface area contributed by atoms with Gasteiger partial charge in [-0.2, -0.15) is 13.2 Å². The van der Waals surface area contributed by atoms with Crippen molar-refractivity contribution in [1.82, 2.24) is 0 Å². The van der Waals surface area contributed by atoms with Crippen molar-refractivity contribution < 1.29 is 28.2 Å². The second-order valence-corrected chi connectivity index (χ2v) is 5.13. The Morgan fingerprint density at radius 2 is 2.00 bits per heavy atom. The fourth-order valence-corrected chi connectivity index (χ4v) is 2.00. The summed E-state index contributed by atoms with van der Waals surface area (Å²) in [5, 5.41) is 19.1. The third kappa shape index (κ3) is 4.85. The first-order valence-corrected chi connectivity index (χ1v) is 6.37. The van der Waals surface area contributed by atoms with Gasteiger partial charge in [0.1, 0.15) is 6.10 Å². The maximum atomic E-state index is 12.5. The number of hydrogen-bond donors (Lipinski definition) is 2. The van der Waals surface area contributed by atoms with Crippen molar-refractivity contribution in [3.05, 3.63) is 35.4 Å². The van der Waals surface area contributed by atoms with Crippen LogP contribution in [0.3, 0.4) is 0 Å². The molecule has 3 nitrogen and oxygen atoms in total. The average molecular weight is 294 g/mol. The Morgan fingerprint density at radius 1 is 1.37 bits per heavy atom. The molecule has 0 aliphatic heterocycles. The molecule has 0 fully saturated rings. The summed E-state index contributed by atoms with van der Waals surface area (Å²) in [5.74, 6) is -0.0766. The number of carbonyl (C=O) groups excluding carboxylic acids is 1. The molecule has 106 valence electrons. The Balaban J connectivity index is 2.82. The van der Waals surface area contributed by atoms with Crippen LogP contribution in [0, 0.1) is 0 Å². The van der Waals surface area contributed by atoms with E-state index in [0.29, 0.717) is 0 Å². The van der Waals surface area contributed by atoms with Gasteiger partial charge in [0, 0.05) is 12.7 Å². The molecule has 1 rings (SSSR count). The van der Waals surface area contributed by atoms with E-state index >= 15 is 0 Å². The predicted molar refractivity (Wildman–Crippen MR) is 65.5 cm³/mol. The first-order chi connectivity index (χ1) is 8.71. The minimum Gasteiger partial charge on any atom is -0.389 e. The summed E-state index contributed by atoms with van der Waals surface area (Å²) in [6.45, 7) is 1.30. The van der Waals surface area contributed by atoms with Crippen molar-refractivity contribution in [3.8, 4) is 0 Å². The molecule has 0 aliphatic rings. The maximum Gasteiger partial charge on any atom is 0.416 e. The number of carbonyl (C=O) groups is 1. The van der Waals surface area contributed by atoms with Crippen molar-refractivity contribution in [3.63, 3.8) is 0 Å². The van der Waals surface area contributed by atoms with E-state index in [2.05, 4.69) is 0 Å². The van der Waals surface area contributed by atoms with Crippen molar-refractivity contribution >= 4 is 16.9 Å². The fourth-order valence-electron chi connectivity index (χ4n) is 1.41. The van der Waals surface area contributed by atoms with E-state index in [1.54, 1.807) is 0 Å². The van der Waals surface area contributed by atoms with Crippen molar-refractivity contribution in [2.45, 2.75) is 25.3 Å². The molecule has 0 aromatic heterocycles. The lowest BCUT2D eigenvalue weighted by Gasteiger charge is -2.18. The highest BCUT2D eigenvalue weighted by atomic mass is 32.2. The van der Waals surface area contributed by atoms with E-state index in [1.165, 1.54) is 13.0 Å². The molecule has 1 aromatic carbocycles. The lowest BCUT2D eigenvalue weighted by Crippen LogP contribution is -2.21. The molecule has 0 spiro atoms. The highest BCUT2D eigenvalue weighted by molar-refractivity contribution is 8.13. The smallest absolute Gasteiger partial charge is 0.389 e. The normalized spacial score (nSPS) is 15.1. The highest BCUT2D eigenvalue weighted by Gasteiger charge is 2.31. The molecule has 0 bridgehead atoms. The second-order valence-electron chi connectivity index (χ2n) is 3.94. The van der Waals surface area contributed by atoms with Crippen LogP contribution in [0.15, 0.2) is 24.3 Å². The number of hydrogen-bond acceptors (Lipinski definition) is 4. The van der Waals surface area contributed by atoms with Crippen LogP contribution in [0.2, 0.25) is 0 Å². The minimum absolute atomic E-state index is 0.0357. The topological polar surface area (TPSA) is 57.5 Å². The first kappa shape index (κ1) is 16.0. The number of aliphatic hydroxyl groups is 2. The molecule has 1 aromatic rings. The number of rotatable bonds is 4. The number of thioether (sulfide) groups is 1. The van der Waals surface area contributed by atoms with Gasteiger partial charge >= 0.3 is 6.18 Å². The standard InChI is InChI=1S/C12H13F3O3S/c1-7(16)19-6-10(17)11(18)8-3-2-4-9(5-8)12(13,14)15/h2-5,10-11,17-18H,6H2,1H3. The fraction of sp³-hybridized carbons (Fsp3) is 0.417. The zero-order chi connectivity index (χ0) is 14.6. The van der Waals surface area contributed by atoms with Gasteiger partial charge < -0.3 is 10.2 Å². The quantitative estimate of drug-likeness (QED) is 0.895. The minimum atomic E-state index is -4.51. The molecule has 2 atom stereocenters. The first-order valence-electron chi connectivity index (χ1n) is 5.38. The van der Waals surface area contributed by atoms with Crippen LogP contribution in [-0.2, 0) is 11.0 Å². The maximum absolute atomic E-state index is 12.5. The summed E-state index contributed by atoms with van der Waals surface area (Å²) >= 11 is 0.801. The van der Waals surface area contributed by atoms with Crippen molar-refractivity contribution in [2.75, 3.05) is 5.75 Å². The summed E-state index contributed by atoms with van der Waals surface area (Å²) in [6, 6.07) is 4.12. The van der Waals surface area contributed by atoms with Crippen molar-refractivity contribution in [2.24, 2.45) is 0 Å². The van der Waals surface area contributed by atoms with Gasteiger partial charge in [-0.05, 0) is 17.7 Å². The molecule has 19 heavy (non-hydrogen) atoms. The second kappa shape index (κ2) is 6.40. The largest absolute Gasteiger partial charge is 0.416 e. The third-order valence-electron chi connectivity index (χ3n) is 2.38. The molecular weight excluding hydrogens is 281 g/mol. The van der Waals surface area contributed by atoms with Crippen LogP contribution in [0.4, 0.5) is 13.2 Å². The predicted octanol–water partition coefficient (Wildman–Crippen LogP) is 2.38. The number of halogens is 3. The van der Waals surface area contributed by atoms with Crippen molar-refractivity contribution in [1.29, 1.82) is 0 Å². The van der Waals surface area contributed by atoms with E-state index in [4.69, 9.17) is 0 Å². The lowest BCUT2D eigenvalue weighted by atomic mass is 10.0. The lowest BCUT2D eigenvalue weighted by molar-refractivity contribution is -0.137. The van der Waals surface area contributed by atoms with E-state index in [1.807, 2.05) is 0 Å². The SMILES string of the molecule is CC(=O)SCC(O)C(O)c1cccc(C(F)(F)F)c1. The third-order valence-corrected chi connectivity index (χ3v) is 3.29. The molecule has 7 heteroatoms. The molecule has 0 saturated carbocycles. The summed E-state index contributed by atoms with van der Waals surface area (Å²) in [6.07, 6.45) is -7.28. The molecule has 0 radical (unpaired) electrons. The zero-order valence-electron chi connectivity index (χ0n) is 10.0. The van der Waals surface area contributed by atoms with Crippen LogP contribution < -0.4 is 0 Å². The molecule has 2 N–H and O–H groups in total. The monoisotopic (exact) mass is 294 g/mol. The summed E-state index contributed by atoms with van der Waals surface area (Å²) in [4.78, 5) is 10.7. The van der Waals surface area contributed by atoms with Gasteiger partial charge in [0.05, 0.1) is 11.7 Å². The van der Waals surface area contributed by atoms with Crippen LogP contribution in [-0.4, -0.2) is 27.2 Å². The van der Waals surface area contributed by atoms with E-state index < -0.39 is 23.9 Å². The Morgan fingerprint density at radius 3 is 2.53 bits per heavy atom. The van der Waals surface area contributed by atoms with Gasteiger partial charge in [0.2, 0.25) is 0 Å². The molecular formula is C12H13F3O3S. The van der Waals surface area contributed by atoms with Gasteiger partial charge in [-0.15, -0.1) is 0 Å². The Bertz CT molecular complexity index is 448. The molecule has 2 unspecified atom stereocenters. The summed E-state index contributed by atoms with van der Waals surface area (Å²) < 4.78 is 37.5. The van der Waals surface area contributed by atoms with Crippen LogP contribution in [0.1, 0.15) is 24.2 Å². The van der Waals surface area contributed by atoms with Gasteiger partial charge in [0.15, 0.2) is 5.12 Å². The molecule has 0 heterocycles. The molecule has 0 saturated heterocycles. The van der Waals surface area contributed by atoms with Crippen LogP contribution in [0.5, 0.6) is 0 Å². The molecule has 0 amide bonds. The molecule has 0 aliphatic carbocycles. The van der Waals surface area contributed by atoms with Gasteiger partial charge in [-0.3, -0.25) is 4.79 Å². The van der Waals surface area contributed by atoms with Gasteiger partial charge in [0.25, 0.3) is 0 Å². The Hall–Kier alpha value is -1.05. The van der Waals surface area contributed by atoms with E-state index in [0.717, 1.165) is 30.0 Å². The van der Waals surface area contributed by atoms with Gasteiger partial charge in [-0.25, -0.2) is 0 Å². The van der Waals surface area contributed by atoms with Crippen LogP contribution in [0.25, 0.3) is 0 Å². The number of aliphatic hydroxyl groups excluding tert-OH is 2. The summed E-state index contributed by atoms with van der Waals surface area (Å²) in [5.41, 5.74) is -0.929. The average Bonchev–Trinajstić information content (AvgIpc) is 2.34.